The van der Waals surface area contributed by atoms with E-state index in [1.54, 1.807) is 6.92 Å². The van der Waals surface area contributed by atoms with Crippen LogP contribution < -0.4 is 0 Å². The maximum Gasteiger partial charge on any atom is 0.372 e. The van der Waals surface area contributed by atoms with Gasteiger partial charge in [-0.05, 0) is 19.9 Å². The average Bonchev–Trinajstić information content (AvgIpc) is 2.05. The molecule has 3 heteroatoms. The van der Waals surface area contributed by atoms with Crippen LogP contribution in [0, 0.1) is 0 Å². The third kappa shape index (κ3) is 4.77. The largest absolute Gasteiger partial charge is 0.487 e. The summed E-state index contributed by atoms with van der Waals surface area (Å²) >= 11 is 0. The lowest BCUT2D eigenvalue weighted by atomic mass is 10.4. The van der Waals surface area contributed by atoms with Gasteiger partial charge in [0.25, 0.3) is 0 Å². The van der Waals surface area contributed by atoms with Gasteiger partial charge in [-0.25, -0.2) is 4.79 Å². The molecule has 0 aromatic rings. The van der Waals surface area contributed by atoms with E-state index < -0.39 is 5.97 Å². The Labute approximate surface area is 73.4 Å². The van der Waals surface area contributed by atoms with Crippen LogP contribution in [0.1, 0.15) is 26.7 Å². The summed E-state index contributed by atoms with van der Waals surface area (Å²) in [5.41, 5.74) is 0. The molecule has 0 saturated heterocycles. The highest BCUT2D eigenvalue weighted by atomic mass is 16.6. The van der Waals surface area contributed by atoms with Gasteiger partial charge in [-0.2, -0.15) is 0 Å². The molecule has 0 bridgehead atoms. The van der Waals surface area contributed by atoms with Crippen molar-refractivity contribution in [3.8, 4) is 0 Å². The van der Waals surface area contributed by atoms with Crippen molar-refractivity contribution in [3.63, 3.8) is 0 Å². The van der Waals surface area contributed by atoms with Gasteiger partial charge in [-0.3, -0.25) is 0 Å². The fraction of sp³-hybridized carbons (Fsp3) is 0.667. The minimum Gasteiger partial charge on any atom is -0.487 e. The predicted molar refractivity (Wildman–Crippen MR) is 46.6 cm³/mol. The highest BCUT2D eigenvalue weighted by Crippen LogP contribution is 1.98. The van der Waals surface area contributed by atoms with Gasteiger partial charge in [0.15, 0.2) is 5.76 Å². The summed E-state index contributed by atoms with van der Waals surface area (Å²) in [6, 6.07) is 0. The Morgan fingerprint density at radius 2 is 2.00 bits per heavy atom. The van der Waals surface area contributed by atoms with Crippen LogP contribution >= 0.6 is 0 Å². The topological polar surface area (TPSA) is 35.5 Å². The monoisotopic (exact) mass is 172 g/mol. The molecule has 0 unspecified atom stereocenters. The van der Waals surface area contributed by atoms with Crippen molar-refractivity contribution in [2.24, 2.45) is 0 Å². The van der Waals surface area contributed by atoms with Gasteiger partial charge in [0.2, 0.25) is 0 Å². The lowest BCUT2D eigenvalue weighted by Crippen LogP contribution is -2.10. The predicted octanol–water partition coefficient (Wildman–Crippen LogP) is 1.88. The van der Waals surface area contributed by atoms with Crippen LogP contribution in [0.2, 0.25) is 0 Å². The molecule has 0 spiro atoms. The van der Waals surface area contributed by atoms with E-state index in [4.69, 9.17) is 9.47 Å². The van der Waals surface area contributed by atoms with Gasteiger partial charge in [0, 0.05) is 0 Å². The number of hydrogen-bond acceptors (Lipinski definition) is 3. The molecule has 0 amide bonds. The Balaban J connectivity index is 3.50. The lowest BCUT2D eigenvalue weighted by molar-refractivity contribution is -0.143. The van der Waals surface area contributed by atoms with Crippen molar-refractivity contribution in [1.82, 2.24) is 0 Å². The molecule has 0 aromatic carbocycles. The Morgan fingerprint density at radius 3 is 2.50 bits per heavy atom. The fourth-order valence-electron chi connectivity index (χ4n) is 0.623. The second kappa shape index (κ2) is 6.70. The summed E-state index contributed by atoms with van der Waals surface area (Å²) in [6.45, 7) is 8.15. The van der Waals surface area contributed by atoms with Gasteiger partial charge in [-0.1, -0.05) is 13.3 Å². The van der Waals surface area contributed by atoms with E-state index >= 15 is 0 Å². The van der Waals surface area contributed by atoms with E-state index in [9.17, 15) is 4.79 Å². The maximum absolute atomic E-state index is 11.0. The molecular formula is C9H16O3. The summed E-state index contributed by atoms with van der Waals surface area (Å²) in [5, 5.41) is 0. The summed E-state index contributed by atoms with van der Waals surface area (Å²) in [5.74, 6) is -0.362. The Hall–Kier alpha value is -0.990. The Morgan fingerprint density at radius 1 is 1.33 bits per heavy atom. The van der Waals surface area contributed by atoms with E-state index in [1.807, 2.05) is 6.92 Å². The van der Waals surface area contributed by atoms with Gasteiger partial charge in [0.05, 0.1) is 13.2 Å². The normalized spacial score (nSPS) is 9.17. The molecule has 0 N–H and O–H groups in total. The summed E-state index contributed by atoms with van der Waals surface area (Å²) < 4.78 is 9.70. The molecule has 0 radical (unpaired) electrons. The molecule has 0 saturated carbocycles. The van der Waals surface area contributed by atoms with Crippen LogP contribution in [0.3, 0.4) is 0 Å². The van der Waals surface area contributed by atoms with Crippen LogP contribution in [0.15, 0.2) is 12.3 Å². The van der Waals surface area contributed by atoms with Crippen LogP contribution in [0.25, 0.3) is 0 Å². The third-order valence-electron chi connectivity index (χ3n) is 1.28. The molecular weight excluding hydrogens is 156 g/mol. The average molecular weight is 172 g/mol. The minimum atomic E-state index is -0.453. The molecule has 0 atom stereocenters. The van der Waals surface area contributed by atoms with Crippen molar-refractivity contribution in [3.05, 3.63) is 12.3 Å². The minimum absolute atomic E-state index is 0.0913. The third-order valence-corrected chi connectivity index (χ3v) is 1.28. The van der Waals surface area contributed by atoms with Gasteiger partial charge in [-0.15, -0.1) is 0 Å². The molecule has 0 aliphatic rings. The van der Waals surface area contributed by atoms with Crippen molar-refractivity contribution in [2.75, 3.05) is 13.2 Å². The van der Waals surface area contributed by atoms with E-state index in [-0.39, 0.29) is 5.76 Å². The molecule has 70 valence electrons. The Kier molecular flexibility index (Phi) is 6.15. The molecule has 0 heterocycles. The van der Waals surface area contributed by atoms with Gasteiger partial charge >= 0.3 is 5.97 Å². The highest BCUT2D eigenvalue weighted by Gasteiger charge is 2.07. The molecule has 12 heavy (non-hydrogen) atoms. The van der Waals surface area contributed by atoms with E-state index in [2.05, 4.69) is 6.58 Å². The quantitative estimate of drug-likeness (QED) is 0.265. The molecule has 0 fully saturated rings. The van der Waals surface area contributed by atoms with Gasteiger partial charge in [0.1, 0.15) is 0 Å². The number of unbranched alkanes of at least 4 members (excludes halogenated alkanes) is 1. The summed E-state index contributed by atoms with van der Waals surface area (Å²) in [6.07, 6.45) is 1.89. The molecule has 0 rings (SSSR count). The lowest BCUT2D eigenvalue weighted by Gasteiger charge is -2.06. The number of rotatable bonds is 6. The highest BCUT2D eigenvalue weighted by molar-refractivity contribution is 5.85. The second-order valence-corrected chi connectivity index (χ2v) is 2.35. The van der Waals surface area contributed by atoms with Crippen molar-refractivity contribution in [2.45, 2.75) is 26.7 Å². The first-order valence-corrected chi connectivity index (χ1v) is 4.21. The SMILES string of the molecule is C=C(OCC)C(=O)OCCCC. The summed E-state index contributed by atoms with van der Waals surface area (Å²) in [7, 11) is 0. The first kappa shape index (κ1) is 11.0. The first-order chi connectivity index (χ1) is 5.72. The van der Waals surface area contributed by atoms with E-state index in [0.717, 1.165) is 12.8 Å². The van der Waals surface area contributed by atoms with Crippen molar-refractivity contribution >= 4 is 5.97 Å². The van der Waals surface area contributed by atoms with Gasteiger partial charge < -0.3 is 9.47 Å². The smallest absolute Gasteiger partial charge is 0.372 e. The molecule has 3 nitrogen and oxygen atoms in total. The number of hydrogen-bond donors (Lipinski definition) is 0. The standard InChI is InChI=1S/C9H16O3/c1-4-6-7-12-9(10)8(3)11-5-2/h3-7H2,1-2H3. The van der Waals surface area contributed by atoms with Crippen LogP contribution in [-0.2, 0) is 14.3 Å². The molecule has 0 aromatic heterocycles. The van der Waals surface area contributed by atoms with Crippen LogP contribution in [0.4, 0.5) is 0 Å². The zero-order valence-electron chi connectivity index (χ0n) is 7.76. The zero-order valence-corrected chi connectivity index (χ0v) is 7.76. The van der Waals surface area contributed by atoms with Crippen LogP contribution in [-0.4, -0.2) is 19.2 Å². The van der Waals surface area contributed by atoms with Crippen molar-refractivity contribution in [1.29, 1.82) is 0 Å². The maximum atomic E-state index is 11.0. The second-order valence-electron chi connectivity index (χ2n) is 2.35. The number of esters is 1. The summed E-state index contributed by atoms with van der Waals surface area (Å²) in [4.78, 5) is 11.0. The zero-order chi connectivity index (χ0) is 9.40. The molecule has 0 aliphatic heterocycles. The van der Waals surface area contributed by atoms with Crippen molar-refractivity contribution < 1.29 is 14.3 Å². The van der Waals surface area contributed by atoms with E-state index in [1.165, 1.54) is 0 Å². The first-order valence-electron chi connectivity index (χ1n) is 4.21. The number of carbonyl (C=O) groups is 1. The molecule has 0 aliphatic carbocycles. The van der Waals surface area contributed by atoms with Crippen LogP contribution in [0.5, 0.6) is 0 Å². The van der Waals surface area contributed by atoms with E-state index in [0.29, 0.717) is 13.2 Å². The number of carbonyl (C=O) groups excluding carboxylic acids is 1. The number of ether oxygens (including phenoxy) is 2. The fourth-order valence-corrected chi connectivity index (χ4v) is 0.623. The Bertz CT molecular complexity index is 152.